The first-order valence-electron chi connectivity index (χ1n) is 4.95. The minimum atomic E-state index is -1.19. The summed E-state index contributed by atoms with van der Waals surface area (Å²) in [5, 5.41) is 28.9. The van der Waals surface area contributed by atoms with Crippen LogP contribution in [0.2, 0.25) is 0 Å². The number of phenols is 1. The predicted octanol–water partition coefficient (Wildman–Crippen LogP) is 1.46. The second kappa shape index (κ2) is 3.83. The Bertz CT molecular complexity index is 320. The number of aromatic hydroxyl groups is 1. The van der Waals surface area contributed by atoms with E-state index in [2.05, 4.69) is 0 Å². The van der Waals surface area contributed by atoms with E-state index in [0.717, 1.165) is 5.56 Å². The van der Waals surface area contributed by atoms with Gasteiger partial charge in [0, 0.05) is 6.42 Å². The van der Waals surface area contributed by atoms with Crippen molar-refractivity contribution in [1.82, 2.24) is 0 Å². The molecule has 0 heterocycles. The SMILES string of the molecule is CC(C)(O)C(C)(O)Cc1ccc(O)cc1. The van der Waals surface area contributed by atoms with Crippen LogP contribution in [0.25, 0.3) is 0 Å². The fourth-order valence-corrected chi connectivity index (χ4v) is 1.23. The molecule has 15 heavy (non-hydrogen) atoms. The Labute approximate surface area is 90.0 Å². The summed E-state index contributed by atoms with van der Waals surface area (Å²) in [6.45, 7) is 4.75. The van der Waals surface area contributed by atoms with Gasteiger partial charge in [-0.2, -0.15) is 0 Å². The normalized spacial score (nSPS) is 16.1. The molecule has 0 saturated carbocycles. The van der Waals surface area contributed by atoms with Crippen molar-refractivity contribution < 1.29 is 15.3 Å². The largest absolute Gasteiger partial charge is 0.508 e. The highest BCUT2D eigenvalue weighted by Crippen LogP contribution is 2.26. The quantitative estimate of drug-likeness (QED) is 0.707. The van der Waals surface area contributed by atoms with Gasteiger partial charge in [0.1, 0.15) is 5.75 Å². The minimum absolute atomic E-state index is 0.196. The van der Waals surface area contributed by atoms with Crippen LogP contribution in [0.15, 0.2) is 24.3 Å². The number of benzene rings is 1. The lowest BCUT2D eigenvalue weighted by Gasteiger charge is -2.35. The van der Waals surface area contributed by atoms with Gasteiger partial charge in [0.15, 0.2) is 0 Å². The van der Waals surface area contributed by atoms with Crippen LogP contribution in [0.3, 0.4) is 0 Å². The van der Waals surface area contributed by atoms with Crippen LogP contribution < -0.4 is 0 Å². The fourth-order valence-electron chi connectivity index (χ4n) is 1.23. The third-order valence-electron chi connectivity index (χ3n) is 2.80. The van der Waals surface area contributed by atoms with Crippen molar-refractivity contribution >= 4 is 0 Å². The first-order chi connectivity index (χ1) is 6.72. The van der Waals surface area contributed by atoms with Crippen molar-refractivity contribution in [3.63, 3.8) is 0 Å². The molecule has 3 heteroatoms. The van der Waals surface area contributed by atoms with E-state index in [4.69, 9.17) is 5.11 Å². The summed E-state index contributed by atoms with van der Waals surface area (Å²) in [7, 11) is 0. The fraction of sp³-hybridized carbons (Fsp3) is 0.500. The van der Waals surface area contributed by atoms with Crippen LogP contribution in [0.4, 0.5) is 0 Å². The van der Waals surface area contributed by atoms with E-state index < -0.39 is 11.2 Å². The second-order valence-corrected chi connectivity index (χ2v) is 4.68. The molecule has 0 aliphatic heterocycles. The molecule has 1 rings (SSSR count). The lowest BCUT2D eigenvalue weighted by Crippen LogP contribution is -2.49. The molecule has 0 amide bonds. The minimum Gasteiger partial charge on any atom is -0.508 e. The summed E-state index contributed by atoms with van der Waals surface area (Å²) in [6.07, 6.45) is 0.344. The standard InChI is InChI=1S/C12H18O3/c1-11(2,14)12(3,15)8-9-4-6-10(13)7-5-9/h4-7,13-15H,8H2,1-3H3. The van der Waals surface area contributed by atoms with Gasteiger partial charge in [-0.1, -0.05) is 12.1 Å². The van der Waals surface area contributed by atoms with Crippen LogP contribution in [0, 0.1) is 0 Å². The van der Waals surface area contributed by atoms with E-state index in [1.54, 1.807) is 45.0 Å². The molecule has 0 aliphatic rings. The zero-order valence-corrected chi connectivity index (χ0v) is 9.36. The maximum atomic E-state index is 10.1. The van der Waals surface area contributed by atoms with Gasteiger partial charge in [-0.3, -0.25) is 0 Å². The summed E-state index contributed by atoms with van der Waals surface area (Å²) in [5.74, 6) is 0.196. The first kappa shape index (κ1) is 12.0. The average molecular weight is 210 g/mol. The topological polar surface area (TPSA) is 60.7 Å². The summed E-state index contributed by atoms with van der Waals surface area (Å²) in [6, 6.07) is 6.59. The molecular formula is C12H18O3. The number of hydrogen-bond acceptors (Lipinski definition) is 3. The van der Waals surface area contributed by atoms with Crippen LogP contribution in [-0.2, 0) is 6.42 Å². The van der Waals surface area contributed by atoms with Gasteiger partial charge in [-0.15, -0.1) is 0 Å². The molecule has 1 atom stereocenters. The molecule has 3 N–H and O–H groups in total. The highest BCUT2D eigenvalue weighted by molar-refractivity contribution is 5.27. The monoisotopic (exact) mass is 210 g/mol. The Morgan fingerprint density at radius 1 is 1.00 bits per heavy atom. The number of phenolic OH excluding ortho intramolecular Hbond substituents is 1. The Kier molecular flexibility index (Phi) is 3.07. The highest BCUT2D eigenvalue weighted by atomic mass is 16.4. The van der Waals surface area contributed by atoms with Crippen LogP contribution in [0.5, 0.6) is 5.75 Å². The van der Waals surface area contributed by atoms with Gasteiger partial charge in [-0.05, 0) is 38.5 Å². The molecule has 1 aromatic rings. The number of hydrogen-bond donors (Lipinski definition) is 3. The highest BCUT2D eigenvalue weighted by Gasteiger charge is 2.37. The molecule has 3 nitrogen and oxygen atoms in total. The van der Waals surface area contributed by atoms with Gasteiger partial charge < -0.3 is 15.3 Å². The van der Waals surface area contributed by atoms with Crippen LogP contribution in [-0.4, -0.2) is 26.5 Å². The summed E-state index contributed by atoms with van der Waals surface area (Å²) < 4.78 is 0. The number of aliphatic hydroxyl groups is 2. The van der Waals surface area contributed by atoms with Crippen molar-refractivity contribution in [3.8, 4) is 5.75 Å². The van der Waals surface area contributed by atoms with Crippen LogP contribution in [0.1, 0.15) is 26.3 Å². The molecule has 0 fully saturated rings. The van der Waals surface area contributed by atoms with Gasteiger partial charge in [0.05, 0.1) is 11.2 Å². The van der Waals surface area contributed by atoms with Gasteiger partial charge in [-0.25, -0.2) is 0 Å². The Morgan fingerprint density at radius 3 is 1.87 bits per heavy atom. The maximum Gasteiger partial charge on any atom is 0.115 e. The molecule has 0 spiro atoms. The molecule has 1 unspecified atom stereocenters. The van der Waals surface area contributed by atoms with Crippen molar-refractivity contribution in [3.05, 3.63) is 29.8 Å². The van der Waals surface area contributed by atoms with E-state index >= 15 is 0 Å². The predicted molar refractivity (Wildman–Crippen MR) is 58.7 cm³/mol. The molecule has 0 saturated heterocycles. The Balaban J connectivity index is 2.82. The third-order valence-corrected chi connectivity index (χ3v) is 2.80. The van der Waals surface area contributed by atoms with Gasteiger partial charge in [0.2, 0.25) is 0 Å². The van der Waals surface area contributed by atoms with Gasteiger partial charge >= 0.3 is 0 Å². The lowest BCUT2D eigenvalue weighted by molar-refractivity contribution is -0.118. The van der Waals surface area contributed by atoms with Crippen molar-refractivity contribution in [1.29, 1.82) is 0 Å². The van der Waals surface area contributed by atoms with Crippen molar-refractivity contribution in [2.24, 2.45) is 0 Å². The van der Waals surface area contributed by atoms with E-state index in [0.29, 0.717) is 6.42 Å². The molecule has 84 valence electrons. The molecule has 0 aliphatic carbocycles. The van der Waals surface area contributed by atoms with Crippen molar-refractivity contribution in [2.45, 2.75) is 38.4 Å². The molecule has 0 bridgehead atoms. The van der Waals surface area contributed by atoms with E-state index in [-0.39, 0.29) is 5.75 Å². The maximum absolute atomic E-state index is 10.1. The van der Waals surface area contributed by atoms with Gasteiger partial charge in [0.25, 0.3) is 0 Å². The Hall–Kier alpha value is -1.06. The Morgan fingerprint density at radius 2 is 1.47 bits per heavy atom. The summed E-state index contributed by atoms with van der Waals surface area (Å²) in [5.41, 5.74) is -1.48. The van der Waals surface area contributed by atoms with E-state index in [1.165, 1.54) is 0 Å². The van der Waals surface area contributed by atoms with E-state index in [9.17, 15) is 10.2 Å². The molecule has 1 aromatic carbocycles. The molecular weight excluding hydrogens is 192 g/mol. The zero-order valence-electron chi connectivity index (χ0n) is 9.36. The first-order valence-corrected chi connectivity index (χ1v) is 4.95. The van der Waals surface area contributed by atoms with Crippen molar-refractivity contribution in [2.75, 3.05) is 0 Å². The average Bonchev–Trinajstić information content (AvgIpc) is 2.06. The molecule has 0 aromatic heterocycles. The van der Waals surface area contributed by atoms with E-state index in [1.807, 2.05) is 0 Å². The number of rotatable bonds is 3. The smallest absolute Gasteiger partial charge is 0.115 e. The zero-order chi connectivity index (χ0) is 11.7. The second-order valence-electron chi connectivity index (χ2n) is 4.68. The third kappa shape index (κ3) is 2.94. The summed E-state index contributed by atoms with van der Waals surface area (Å²) >= 11 is 0. The summed E-state index contributed by atoms with van der Waals surface area (Å²) in [4.78, 5) is 0. The molecule has 0 radical (unpaired) electrons. The van der Waals surface area contributed by atoms with Crippen LogP contribution >= 0.6 is 0 Å². The lowest BCUT2D eigenvalue weighted by atomic mass is 9.82.